The zero-order chi connectivity index (χ0) is 13.0. The van der Waals surface area contributed by atoms with E-state index in [-0.39, 0.29) is 11.9 Å². The second-order valence-corrected chi connectivity index (χ2v) is 5.01. The lowest BCUT2D eigenvalue weighted by molar-refractivity contribution is -0.146. The van der Waals surface area contributed by atoms with Crippen LogP contribution < -0.4 is 0 Å². The number of esters is 1. The van der Waals surface area contributed by atoms with Gasteiger partial charge in [-0.1, -0.05) is 37.6 Å². The average Bonchev–Trinajstić information content (AvgIpc) is 2.28. The lowest BCUT2D eigenvalue weighted by Crippen LogP contribution is -2.24. The van der Waals surface area contributed by atoms with Crippen LogP contribution in [0.15, 0.2) is 18.2 Å². The molecule has 0 radical (unpaired) electrons. The van der Waals surface area contributed by atoms with Crippen LogP contribution in [0.1, 0.15) is 30.5 Å². The number of benzene rings is 1. The molecule has 2 heteroatoms. The number of hydrogen-bond donors (Lipinski definition) is 0. The lowest BCUT2D eigenvalue weighted by Gasteiger charge is -2.19. The summed E-state index contributed by atoms with van der Waals surface area (Å²) in [6.45, 7) is 8.29. The van der Waals surface area contributed by atoms with Crippen molar-refractivity contribution in [2.75, 3.05) is 7.11 Å². The van der Waals surface area contributed by atoms with Crippen molar-refractivity contribution < 1.29 is 9.53 Å². The van der Waals surface area contributed by atoms with E-state index in [1.54, 1.807) is 0 Å². The Labute approximate surface area is 104 Å². The summed E-state index contributed by atoms with van der Waals surface area (Å²) in [5.41, 5.74) is 3.72. The molecule has 0 heterocycles. The predicted molar refractivity (Wildman–Crippen MR) is 70.0 cm³/mol. The first-order valence-corrected chi connectivity index (χ1v) is 6.09. The third-order valence-corrected chi connectivity index (χ3v) is 3.25. The number of aryl methyl sites for hydroxylation is 2. The van der Waals surface area contributed by atoms with Gasteiger partial charge < -0.3 is 4.74 Å². The van der Waals surface area contributed by atoms with Gasteiger partial charge in [-0.25, -0.2) is 0 Å². The monoisotopic (exact) mass is 234 g/mol. The summed E-state index contributed by atoms with van der Waals surface area (Å²) in [5.74, 6) is 0.128. The van der Waals surface area contributed by atoms with E-state index in [0.717, 1.165) is 6.42 Å². The topological polar surface area (TPSA) is 26.3 Å². The van der Waals surface area contributed by atoms with Crippen LogP contribution in [0.4, 0.5) is 0 Å². The Morgan fingerprint density at radius 3 is 2.47 bits per heavy atom. The fourth-order valence-corrected chi connectivity index (χ4v) is 2.00. The van der Waals surface area contributed by atoms with Crippen LogP contribution in [0, 0.1) is 25.7 Å². The summed E-state index contributed by atoms with van der Waals surface area (Å²) in [7, 11) is 1.46. The molecule has 1 aromatic rings. The fourth-order valence-electron chi connectivity index (χ4n) is 2.00. The largest absolute Gasteiger partial charge is 0.469 e. The Bertz CT molecular complexity index is 394. The standard InChI is InChI=1S/C15H22O2/c1-10(2)14(15(16)17-5)9-13-8-11(3)6-7-12(13)4/h6-8,10,14H,9H2,1-5H3. The normalized spacial score (nSPS) is 12.6. The summed E-state index contributed by atoms with van der Waals surface area (Å²) in [5, 5.41) is 0. The number of hydrogen-bond acceptors (Lipinski definition) is 2. The second-order valence-electron chi connectivity index (χ2n) is 5.01. The van der Waals surface area contributed by atoms with Gasteiger partial charge in [-0.3, -0.25) is 4.79 Å². The van der Waals surface area contributed by atoms with E-state index in [1.165, 1.54) is 23.8 Å². The molecule has 0 aliphatic rings. The van der Waals surface area contributed by atoms with Crippen LogP contribution in [0.3, 0.4) is 0 Å². The Morgan fingerprint density at radius 1 is 1.29 bits per heavy atom. The first-order chi connectivity index (χ1) is 7.95. The third-order valence-electron chi connectivity index (χ3n) is 3.25. The highest BCUT2D eigenvalue weighted by Crippen LogP contribution is 2.21. The fraction of sp³-hybridized carbons (Fsp3) is 0.533. The third kappa shape index (κ3) is 3.58. The highest BCUT2D eigenvalue weighted by Gasteiger charge is 2.23. The lowest BCUT2D eigenvalue weighted by atomic mass is 9.87. The van der Waals surface area contributed by atoms with Gasteiger partial charge in [0.05, 0.1) is 13.0 Å². The van der Waals surface area contributed by atoms with Crippen LogP contribution in [0.2, 0.25) is 0 Å². The number of ether oxygens (including phenoxy) is 1. The van der Waals surface area contributed by atoms with Gasteiger partial charge in [0.2, 0.25) is 0 Å². The van der Waals surface area contributed by atoms with E-state index in [0.29, 0.717) is 5.92 Å². The van der Waals surface area contributed by atoms with E-state index < -0.39 is 0 Å². The molecular weight excluding hydrogens is 212 g/mol. The zero-order valence-electron chi connectivity index (χ0n) is 11.4. The molecule has 0 aliphatic carbocycles. The molecule has 0 aromatic heterocycles. The van der Waals surface area contributed by atoms with Gasteiger partial charge in [-0.15, -0.1) is 0 Å². The van der Waals surface area contributed by atoms with Crippen molar-refractivity contribution in [1.82, 2.24) is 0 Å². The first kappa shape index (κ1) is 13.8. The summed E-state index contributed by atoms with van der Waals surface area (Å²) >= 11 is 0. The minimum Gasteiger partial charge on any atom is -0.469 e. The van der Waals surface area contributed by atoms with Crippen LogP contribution in [0.25, 0.3) is 0 Å². The Hall–Kier alpha value is -1.31. The van der Waals surface area contributed by atoms with Gasteiger partial charge in [0.1, 0.15) is 0 Å². The van der Waals surface area contributed by atoms with Crippen molar-refractivity contribution in [3.05, 3.63) is 34.9 Å². The molecule has 94 valence electrons. The first-order valence-electron chi connectivity index (χ1n) is 6.09. The molecule has 2 nitrogen and oxygen atoms in total. The van der Waals surface area contributed by atoms with Crippen molar-refractivity contribution in [2.24, 2.45) is 11.8 Å². The number of carbonyl (C=O) groups is 1. The molecule has 0 amide bonds. The maximum Gasteiger partial charge on any atom is 0.309 e. The van der Waals surface area contributed by atoms with E-state index >= 15 is 0 Å². The van der Waals surface area contributed by atoms with Gasteiger partial charge in [0.15, 0.2) is 0 Å². The van der Waals surface area contributed by atoms with Gasteiger partial charge in [-0.2, -0.15) is 0 Å². The van der Waals surface area contributed by atoms with Crippen LogP contribution in [0.5, 0.6) is 0 Å². The maximum absolute atomic E-state index is 11.7. The van der Waals surface area contributed by atoms with Crippen molar-refractivity contribution in [3.8, 4) is 0 Å². The average molecular weight is 234 g/mol. The van der Waals surface area contributed by atoms with E-state index in [4.69, 9.17) is 4.74 Å². The van der Waals surface area contributed by atoms with Crippen molar-refractivity contribution >= 4 is 5.97 Å². The molecule has 1 unspecified atom stereocenters. The van der Waals surface area contributed by atoms with Crippen LogP contribution >= 0.6 is 0 Å². The van der Waals surface area contributed by atoms with Crippen LogP contribution in [-0.2, 0) is 16.0 Å². The number of methoxy groups -OCH3 is 1. The van der Waals surface area contributed by atoms with Crippen molar-refractivity contribution in [2.45, 2.75) is 34.1 Å². The molecule has 1 aromatic carbocycles. The SMILES string of the molecule is COC(=O)C(Cc1cc(C)ccc1C)C(C)C. The molecule has 0 fully saturated rings. The summed E-state index contributed by atoms with van der Waals surface area (Å²) in [4.78, 5) is 11.7. The molecule has 1 atom stereocenters. The molecule has 17 heavy (non-hydrogen) atoms. The molecule has 0 bridgehead atoms. The molecule has 0 aliphatic heterocycles. The number of rotatable bonds is 4. The predicted octanol–water partition coefficient (Wildman–Crippen LogP) is 3.29. The smallest absolute Gasteiger partial charge is 0.309 e. The van der Waals surface area contributed by atoms with Crippen molar-refractivity contribution in [3.63, 3.8) is 0 Å². The Balaban J connectivity index is 2.93. The van der Waals surface area contributed by atoms with Crippen molar-refractivity contribution in [1.29, 1.82) is 0 Å². The second kappa shape index (κ2) is 5.85. The van der Waals surface area contributed by atoms with Gasteiger partial charge in [-0.05, 0) is 37.3 Å². The minimum atomic E-state index is -0.110. The summed E-state index contributed by atoms with van der Waals surface area (Å²) < 4.78 is 4.88. The summed E-state index contributed by atoms with van der Waals surface area (Å²) in [6.07, 6.45) is 0.762. The number of carbonyl (C=O) groups excluding carboxylic acids is 1. The molecular formula is C15H22O2. The Kier molecular flexibility index (Phi) is 4.73. The van der Waals surface area contributed by atoms with Gasteiger partial charge in [0, 0.05) is 0 Å². The zero-order valence-corrected chi connectivity index (χ0v) is 11.4. The highest BCUT2D eigenvalue weighted by molar-refractivity contribution is 5.73. The molecule has 0 spiro atoms. The van der Waals surface area contributed by atoms with Crippen LogP contribution in [-0.4, -0.2) is 13.1 Å². The molecule has 0 saturated heterocycles. The maximum atomic E-state index is 11.7. The molecule has 0 saturated carbocycles. The quantitative estimate of drug-likeness (QED) is 0.747. The summed E-state index contributed by atoms with van der Waals surface area (Å²) in [6, 6.07) is 6.37. The van der Waals surface area contributed by atoms with E-state index in [2.05, 4.69) is 45.9 Å². The van der Waals surface area contributed by atoms with E-state index in [9.17, 15) is 4.79 Å². The molecule has 1 rings (SSSR count). The van der Waals surface area contributed by atoms with E-state index in [1.807, 2.05) is 0 Å². The minimum absolute atomic E-state index is 0.0551. The van der Waals surface area contributed by atoms with Gasteiger partial charge in [0.25, 0.3) is 0 Å². The Morgan fingerprint density at radius 2 is 1.94 bits per heavy atom. The highest BCUT2D eigenvalue weighted by atomic mass is 16.5. The molecule has 0 N–H and O–H groups in total. The van der Waals surface area contributed by atoms with Gasteiger partial charge >= 0.3 is 5.97 Å².